The Morgan fingerprint density at radius 2 is 1.68 bits per heavy atom. The number of nitrogens with zero attached hydrogens (tertiary/aromatic N) is 2. The summed E-state index contributed by atoms with van der Waals surface area (Å²) in [7, 11) is 0. The average Bonchev–Trinajstić information content (AvgIpc) is 2.77. The quantitative estimate of drug-likeness (QED) is 0.492. The van der Waals surface area contributed by atoms with E-state index >= 15 is 0 Å². The Bertz CT molecular complexity index is 761. The molecule has 0 unspecified atom stereocenters. The Hall–Kier alpha value is -2.89. The van der Waals surface area contributed by atoms with E-state index in [1.54, 1.807) is 18.2 Å². The van der Waals surface area contributed by atoms with Gasteiger partial charge in [-0.1, -0.05) is 37.3 Å². The Kier molecular flexibility index (Phi) is 3.09. The first-order valence-electron chi connectivity index (χ1n) is 6.82. The normalized spacial score (nSPS) is 15.7. The predicted molar refractivity (Wildman–Crippen MR) is 77.4 cm³/mol. The van der Waals surface area contributed by atoms with Gasteiger partial charge in [-0.15, -0.1) is 0 Å². The van der Waals surface area contributed by atoms with Crippen molar-refractivity contribution in [2.45, 2.75) is 18.9 Å². The summed E-state index contributed by atoms with van der Waals surface area (Å²) >= 11 is 0. The number of carbonyl (C=O) groups excluding carboxylic acids is 2. The summed E-state index contributed by atoms with van der Waals surface area (Å²) < 4.78 is 0. The SMILES string of the molecule is CCc1ccc(C2([N+](=O)[O-])C(=O)c3ccccc3C2=O)nc1. The number of nitro groups is 1. The summed E-state index contributed by atoms with van der Waals surface area (Å²) in [6.07, 6.45) is 2.17. The van der Waals surface area contributed by atoms with Crippen molar-refractivity contribution in [2.24, 2.45) is 0 Å². The second-order valence-corrected chi connectivity index (χ2v) is 5.08. The number of rotatable bonds is 3. The van der Waals surface area contributed by atoms with Gasteiger partial charge >= 0.3 is 5.54 Å². The molecule has 0 saturated heterocycles. The van der Waals surface area contributed by atoms with Crippen LogP contribution in [0, 0.1) is 10.1 Å². The molecule has 0 bridgehead atoms. The van der Waals surface area contributed by atoms with Gasteiger partial charge in [0.2, 0.25) is 0 Å². The first kappa shape index (κ1) is 14.1. The number of ketones is 2. The third-order valence-electron chi connectivity index (χ3n) is 3.95. The minimum atomic E-state index is -2.46. The third-order valence-corrected chi connectivity index (χ3v) is 3.95. The highest BCUT2D eigenvalue weighted by atomic mass is 16.6. The molecule has 0 atom stereocenters. The molecule has 1 aromatic heterocycles. The fourth-order valence-electron chi connectivity index (χ4n) is 2.71. The molecule has 0 spiro atoms. The Labute approximate surface area is 126 Å². The molecule has 1 heterocycles. The molecule has 22 heavy (non-hydrogen) atoms. The van der Waals surface area contributed by atoms with Crippen molar-refractivity contribution < 1.29 is 14.5 Å². The van der Waals surface area contributed by atoms with Gasteiger partial charge in [0, 0.05) is 22.2 Å². The number of aryl methyl sites for hydroxylation is 1. The number of fused-ring (bicyclic) bond motifs is 1. The number of hydrogen-bond acceptors (Lipinski definition) is 5. The van der Waals surface area contributed by atoms with Gasteiger partial charge in [-0.25, -0.2) is 0 Å². The van der Waals surface area contributed by atoms with Gasteiger partial charge in [0.1, 0.15) is 5.69 Å². The number of pyridine rings is 1. The lowest BCUT2D eigenvalue weighted by Gasteiger charge is -2.16. The van der Waals surface area contributed by atoms with E-state index in [1.165, 1.54) is 24.4 Å². The number of benzene rings is 1. The van der Waals surface area contributed by atoms with Crippen molar-refractivity contribution in [3.8, 4) is 0 Å². The molecule has 3 rings (SSSR count). The monoisotopic (exact) mass is 296 g/mol. The topological polar surface area (TPSA) is 90.2 Å². The van der Waals surface area contributed by atoms with Crippen LogP contribution in [0.15, 0.2) is 42.6 Å². The van der Waals surface area contributed by atoms with Gasteiger partial charge in [-0.3, -0.25) is 24.7 Å². The van der Waals surface area contributed by atoms with Gasteiger partial charge in [0.05, 0.1) is 0 Å². The van der Waals surface area contributed by atoms with Crippen LogP contribution in [0.25, 0.3) is 0 Å². The Balaban J connectivity index is 2.25. The van der Waals surface area contributed by atoms with E-state index in [1.807, 2.05) is 6.92 Å². The predicted octanol–water partition coefficient (Wildman–Crippen LogP) is 2.20. The van der Waals surface area contributed by atoms with E-state index in [-0.39, 0.29) is 16.8 Å². The van der Waals surface area contributed by atoms with Crippen LogP contribution >= 0.6 is 0 Å². The molecule has 0 fully saturated rings. The van der Waals surface area contributed by atoms with Crippen LogP contribution in [0.5, 0.6) is 0 Å². The van der Waals surface area contributed by atoms with Crippen molar-refractivity contribution in [3.05, 3.63) is 75.1 Å². The summed E-state index contributed by atoms with van der Waals surface area (Å²) in [4.78, 5) is 40.1. The van der Waals surface area contributed by atoms with Crippen LogP contribution < -0.4 is 0 Å². The second kappa shape index (κ2) is 4.84. The van der Waals surface area contributed by atoms with Crippen molar-refractivity contribution in [2.75, 3.05) is 0 Å². The van der Waals surface area contributed by atoms with E-state index in [4.69, 9.17) is 0 Å². The van der Waals surface area contributed by atoms with Gasteiger partial charge < -0.3 is 0 Å². The summed E-state index contributed by atoms with van der Waals surface area (Å²) in [6, 6.07) is 9.06. The number of aromatic nitrogens is 1. The highest BCUT2D eigenvalue weighted by Crippen LogP contribution is 2.39. The van der Waals surface area contributed by atoms with Gasteiger partial charge in [0.25, 0.3) is 11.6 Å². The Morgan fingerprint density at radius 1 is 1.09 bits per heavy atom. The van der Waals surface area contributed by atoms with E-state index in [0.29, 0.717) is 6.42 Å². The smallest absolute Gasteiger partial charge is 0.285 e. The van der Waals surface area contributed by atoms with Crippen LogP contribution in [0.2, 0.25) is 0 Å². The lowest BCUT2D eigenvalue weighted by atomic mass is 9.89. The van der Waals surface area contributed by atoms with Gasteiger partial charge in [-0.2, -0.15) is 0 Å². The van der Waals surface area contributed by atoms with E-state index in [0.717, 1.165) is 5.56 Å². The van der Waals surface area contributed by atoms with Crippen molar-refractivity contribution >= 4 is 11.6 Å². The molecular formula is C16H12N2O4. The molecule has 0 N–H and O–H groups in total. The molecule has 1 aliphatic rings. The molecule has 1 aliphatic carbocycles. The maximum Gasteiger partial charge on any atom is 0.386 e. The molecular weight excluding hydrogens is 284 g/mol. The van der Waals surface area contributed by atoms with Crippen molar-refractivity contribution in [1.29, 1.82) is 0 Å². The van der Waals surface area contributed by atoms with Crippen LogP contribution in [0.1, 0.15) is 38.9 Å². The van der Waals surface area contributed by atoms with Crippen LogP contribution in [0.3, 0.4) is 0 Å². The van der Waals surface area contributed by atoms with Gasteiger partial charge in [-0.05, 0) is 18.1 Å². The maximum absolute atomic E-state index is 12.6. The summed E-state index contributed by atoms with van der Waals surface area (Å²) in [5.41, 5.74) is -1.58. The molecule has 0 amide bonds. The minimum Gasteiger partial charge on any atom is -0.285 e. The first-order chi connectivity index (χ1) is 10.5. The number of carbonyl (C=O) groups is 2. The van der Waals surface area contributed by atoms with Crippen molar-refractivity contribution in [1.82, 2.24) is 4.98 Å². The first-order valence-corrected chi connectivity index (χ1v) is 6.82. The zero-order valence-electron chi connectivity index (χ0n) is 11.8. The molecule has 0 aliphatic heterocycles. The summed E-state index contributed by atoms with van der Waals surface area (Å²) in [6.45, 7) is 1.92. The summed E-state index contributed by atoms with van der Waals surface area (Å²) in [5.74, 6) is -1.65. The van der Waals surface area contributed by atoms with E-state index in [2.05, 4.69) is 4.98 Å². The third kappa shape index (κ3) is 1.64. The minimum absolute atomic E-state index is 0.0746. The fraction of sp³-hybridized carbons (Fsp3) is 0.188. The standard InChI is InChI=1S/C16H12N2O4/c1-2-10-7-8-13(17-9-10)16(18(21)22)14(19)11-5-3-4-6-12(11)15(16)20/h3-9H,2H2,1H3. The van der Waals surface area contributed by atoms with Crippen molar-refractivity contribution in [3.63, 3.8) is 0 Å². The van der Waals surface area contributed by atoms with Crippen LogP contribution in [-0.4, -0.2) is 21.5 Å². The zero-order chi connectivity index (χ0) is 15.9. The van der Waals surface area contributed by atoms with E-state index in [9.17, 15) is 19.7 Å². The Morgan fingerprint density at radius 3 is 2.09 bits per heavy atom. The molecule has 1 aromatic carbocycles. The molecule has 6 nitrogen and oxygen atoms in total. The number of hydrogen-bond donors (Lipinski definition) is 0. The van der Waals surface area contributed by atoms with Crippen LogP contribution in [0.4, 0.5) is 0 Å². The second-order valence-electron chi connectivity index (χ2n) is 5.08. The fourth-order valence-corrected chi connectivity index (χ4v) is 2.71. The maximum atomic E-state index is 12.6. The number of Topliss-reactive ketones (excluding diaryl/α,β-unsaturated/α-hetero) is 2. The van der Waals surface area contributed by atoms with E-state index < -0.39 is 22.0 Å². The molecule has 6 heteroatoms. The van der Waals surface area contributed by atoms with Gasteiger partial charge in [0.15, 0.2) is 0 Å². The average molecular weight is 296 g/mol. The molecule has 110 valence electrons. The molecule has 0 saturated carbocycles. The highest BCUT2D eigenvalue weighted by Gasteiger charge is 2.66. The van der Waals surface area contributed by atoms with Crippen LogP contribution in [-0.2, 0) is 12.0 Å². The largest absolute Gasteiger partial charge is 0.386 e. The lowest BCUT2D eigenvalue weighted by Crippen LogP contribution is -2.46. The highest BCUT2D eigenvalue weighted by molar-refractivity contribution is 6.31. The summed E-state index contributed by atoms with van der Waals surface area (Å²) in [5, 5.41) is 11.7. The molecule has 2 aromatic rings. The zero-order valence-corrected chi connectivity index (χ0v) is 11.8. The lowest BCUT2D eigenvalue weighted by molar-refractivity contribution is -0.538. The molecule has 0 radical (unpaired) electrons.